The number of hydrogen-bond acceptors (Lipinski definition) is 3. The van der Waals surface area contributed by atoms with Crippen molar-refractivity contribution in [2.45, 2.75) is 45.1 Å². The highest BCUT2D eigenvalue weighted by atomic mass is 16.5. The topological polar surface area (TPSA) is 75.0 Å². The van der Waals surface area contributed by atoms with Gasteiger partial charge in [-0.15, -0.1) is 0 Å². The van der Waals surface area contributed by atoms with E-state index in [-0.39, 0.29) is 5.56 Å². The molecular formula is C14H18N2O3. The molecule has 0 bridgehead atoms. The van der Waals surface area contributed by atoms with E-state index in [1.807, 2.05) is 6.92 Å². The maximum absolute atomic E-state index is 11.8. The third-order valence-corrected chi connectivity index (χ3v) is 4.37. The summed E-state index contributed by atoms with van der Waals surface area (Å²) >= 11 is 0. The van der Waals surface area contributed by atoms with Crippen LogP contribution in [0, 0.1) is 5.92 Å². The summed E-state index contributed by atoms with van der Waals surface area (Å²) in [6.45, 7) is 4.18. The van der Waals surface area contributed by atoms with Crippen LogP contribution in [0.3, 0.4) is 0 Å². The molecule has 2 heterocycles. The number of allylic oxidation sites excluding steroid dienone is 2. The van der Waals surface area contributed by atoms with E-state index in [0.29, 0.717) is 23.8 Å². The number of H-pyrrole nitrogens is 2. The monoisotopic (exact) mass is 262 g/mol. The van der Waals surface area contributed by atoms with Gasteiger partial charge in [0.15, 0.2) is 0 Å². The molecule has 1 aliphatic heterocycles. The largest absolute Gasteiger partial charge is 0.472 e. The van der Waals surface area contributed by atoms with E-state index < -0.39 is 11.3 Å². The van der Waals surface area contributed by atoms with Gasteiger partial charge in [-0.25, -0.2) is 4.79 Å². The van der Waals surface area contributed by atoms with Crippen LogP contribution in [0.25, 0.3) is 0 Å². The number of aromatic nitrogens is 2. The van der Waals surface area contributed by atoms with Gasteiger partial charge in [0, 0.05) is 12.3 Å². The molecular weight excluding hydrogens is 244 g/mol. The number of nitrogens with one attached hydrogen (secondary N) is 2. The summed E-state index contributed by atoms with van der Waals surface area (Å²) in [5.41, 5.74) is 0.754. The minimum Gasteiger partial charge on any atom is -0.472 e. The molecule has 0 spiro atoms. The van der Waals surface area contributed by atoms with Gasteiger partial charge in [0.1, 0.15) is 5.60 Å². The second-order valence-corrected chi connectivity index (χ2v) is 5.83. The first-order chi connectivity index (χ1) is 8.98. The molecule has 1 aromatic rings. The molecule has 3 rings (SSSR count). The molecule has 0 radical (unpaired) electrons. The summed E-state index contributed by atoms with van der Waals surface area (Å²) in [6.07, 6.45) is 5.92. The summed E-state index contributed by atoms with van der Waals surface area (Å²) in [5, 5.41) is 0. The lowest BCUT2D eigenvalue weighted by molar-refractivity contribution is 0.0385. The van der Waals surface area contributed by atoms with Gasteiger partial charge in [0.05, 0.1) is 5.56 Å². The van der Waals surface area contributed by atoms with Gasteiger partial charge in [-0.05, 0) is 33.1 Å². The maximum Gasteiger partial charge on any atom is 0.328 e. The molecule has 2 aliphatic rings. The van der Waals surface area contributed by atoms with E-state index in [1.165, 1.54) is 5.57 Å². The van der Waals surface area contributed by atoms with Crippen LogP contribution < -0.4 is 16.0 Å². The number of hydrogen-bond donors (Lipinski definition) is 2. The fourth-order valence-corrected chi connectivity index (χ4v) is 3.11. The Kier molecular flexibility index (Phi) is 2.66. The van der Waals surface area contributed by atoms with E-state index in [9.17, 15) is 9.59 Å². The van der Waals surface area contributed by atoms with Crippen LogP contribution >= 0.6 is 0 Å². The van der Waals surface area contributed by atoms with E-state index in [2.05, 4.69) is 23.0 Å². The lowest BCUT2D eigenvalue weighted by Gasteiger charge is -2.35. The molecule has 0 saturated heterocycles. The second kappa shape index (κ2) is 4.11. The molecule has 102 valence electrons. The fourth-order valence-electron chi connectivity index (χ4n) is 3.11. The molecule has 0 amide bonds. The summed E-state index contributed by atoms with van der Waals surface area (Å²) in [6, 6.07) is 0. The van der Waals surface area contributed by atoms with Crippen molar-refractivity contribution in [3.63, 3.8) is 0 Å². The standard InChI is InChI=1S/C14H18N2O3/c1-8-3-5-9(6-4-8)14(2)7-10-11(17)15-13(18)16-12(10)19-14/h3,9H,4-7H2,1-2H3,(H2,15,16,17,18)/t9-,14?/m0/s1. The number of aromatic amines is 2. The Balaban J connectivity index is 1.92. The Bertz CT molecular complexity index is 655. The average Bonchev–Trinajstić information content (AvgIpc) is 2.68. The SMILES string of the molecule is CC1=CC[C@H](C2(C)Cc3c([nH]c(=O)[nH]c3=O)O2)CC1. The lowest BCUT2D eigenvalue weighted by atomic mass is 9.77. The minimum atomic E-state index is -0.507. The van der Waals surface area contributed by atoms with Crippen molar-refractivity contribution < 1.29 is 4.74 Å². The van der Waals surface area contributed by atoms with Crippen LogP contribution in [0.2, 0.25) is 0 Å². The van der Waals surface area contributed by atoms with Gasteiger partial charge < -0.3 is 4.74 Å². The predicted molar refractivity (Wildman–Crippen MR) is 71.5 cm³/mol. The first kappa shape index (κ1) is 12.3. The van der Waals surface area contributed by atoms with Crippen molar-refractivity contribution in [3.05, 3.63) is 38.1 Å². The fraction of sp³-hybridized carbons (Fsp3) is 0.571. The summed E-state index contributed by atoms with van der Waals surface area (Å²) in [5.74, 6) is 0.731. The zero-order valence-electron chi connectivity index (χ0n) is 11.2. The predicted octanol–water partition coefficient (Wildman–Crippen LogP) is 1.50. The van der Waals surface area contributed by atoms with Crippen LogP contribution in [-0.4, -0.2) is 15.6 Å². The molecule has 19 heavy (non-hydrogen) atoms. The van der Waals surface area contributed by atoms with E-state index in [1.54, 1.807) is 0 Å². The summed E-state index contributed by atoms with van der Waals surface area (Å²) < 4.78 is 5.93. The number of rotatable bonds is 1. The molecule has 0 saturated carbocycles. The van der Waals surface area contributed by atoms with Crippen molar-refractivity contribution in [2.75, 3.05) is 0 Å². The smallest absolute Gasteiger partial charge is 0.328 e. The Morgan fingerprint density at radius 1 is 1.37 bits per heavy atom. The van der Waals surface area contributed by atoms with E-state index >= 15 is 0 Å². The molecule has 2 N–H and O–H groups in total. The Hall–Kier alpha value is -1.78. The third kappa shape index (κ3) is 2.03. The highest BCUT2D eigenvalue weighted by Gasteiger charge is 2.43. The van der Waals surface area contributed by atoms with Crippen LogP contribution in [0.15, 0.2) is 21.2 Å². The van der Waals surface area contributed by atoms with Crippen molar-refractivity contribution in [3.8, 4) is 5.88 Å². The van der Waals surface area contributed by atoms with Crippen molar-refractivity contribution in [2.24, 2.45) is 5.92 Å². The molecule has 1 unspecified atom stereocenters. The normalized spacial score (nSPS) is 29.6. The first-order valence-electron chi connectivity index (χ1n) is 6.68. The van der Waals surface area contributed by atoms with Gasteiger partial charge in [-0.1, -0.05) is 11.6 Å². The maximum atomic E-state index is 11.8. The van der Waals surface area contributed by atoms with E-state index in [0.717, 1.165) is 19.3 Å². The summed E-state index contributed by atoms with van der Waals surface area (Å²) in [4.78, 5) is 27.9. The third-order valence-electron chi connectivity index (χ3n) is 4.37. The first-order valence-corrected chi connectivity index (χ1v) is 6.68. The Morgan fingerprint density at radius 2 is 2.16 bits per heavy atom. The van der Waals surface area contributed by atoms with Gasteiger partial charge >= 0.3 is 5.69 Å². The van der Waals surface area contributed by atoms with Gasteiger partial charge in [-0.2, -0.15) is 0 Å². The molecule has 5 nitrogen and oxygen atoms in total. The van der Waals surface area contributed by atoms with E-state index in [4.69, 9.17) is 4.74 Å². The highest BCUT2D eigenvalue weighted by Crippen LogP contribution is 2.41. The van der Waals surface area contributed by atoms with Gasteiger partial charge in [-0.3, -0.25) is 14.8 Å². The zero-order valence-corrected chi connectivity index (χ0v) is 11.2. The zero-order chi connectivity index (χ0) is 13.6. The average molecular weight is 262 g/mol. The minimum absolute atomic E-state index is 0.329. The summed E-state index contributed by atoms with van der Waals surface area (Å²) in [7, 11) is 0. The van der Waals surface area contributed by atoms with Crippen LogP contribution in [0.1, 0.15) is 38.7 Å². The molecule has 5 heteroatoms. The Labute approximate surface area is 110 Å². The van der Waals surface area contributed by atoms with Crippen molar-refractivity contribution in [1.29, 1.82) is 0 Å². The number of fused-ring (bicyclic) bond motifs is 1. The Morgan fingerprint density at radius 3 is 2.84 bits per heavy atom. The highest BCUT2D eigenvalue weighted by molar-refractivity contribution is 5.31. The van der Waals surface area contributed by atoms with Gasteiger partial charge in [0.2, 0.25) is 5.88 Å². The quantitative estimate of drug-likeness (QED) is 0.753. The second-order valence-electron chi connectivity index (χ2n) is 5.83. The van der Waals surface area contributed by atoms with Crippen LogP contribution in [0.5, 0.6) is 5.88 Å². The van der Waals surface area contributed by atoms with Crippen LogP contribution in [-0.2, 0) is 6.42 Å². The number of ether oxygens (including phenoxy) is 1. The van der Waals surface area contributed by atoms with Crippen molar-refractivity contribution in [1.82, 2.24) is 9.97 Å². The molecule has 1 aromatic heterocycles. The van der Waals surface area contributed by atoms with Crippen LogP contribution in [0.4, 0.5) is 0 Å². The lowest BCUT2D eigenvalue weighted by Crippen LogP contribution is -2.40. The molecule has 2 atom stereocenters. The van der Waals surface area contributed by atoms with Gasteiger partial charge in [0.25, 0.3) is 5.56 Å². The molecule has 0 aromatic carbocycles. The molecule has 0 fully saturated rings. The molecule has 1 aliphatic carbocycles. The van der Waals surface area contributed by atoms with Crippen molar-refractivity contribution >= 4 is 0 Å².